The van der Waals surface area contributed by atoms with Crippen LogP contribution in [0.1, 0.15) is 30.0 Å². The number of halogens is 7. The molecule has 2 aromatic carbocycles. The van der Waals surface area contributed by atoms with Gasteiger partial charge in [-0.25, -0.2) is 14.3 Å². The maximum Gasteiger partial charge on any atom is 0.416 e. The van der Waals surface area contributed by atoms with Gasteiger partial charge in [-0.1, -0.05) is 29.8 Å². The standard InChI is InChI=1S/C24H22ClF6N5O4/c25-15-7-5-14(6-8-15)20-34-36(22(39)35(20)11-10-23(26,27)28)13-19(37)33-18(9-12-40-21(32)38)16-3-1-2-4-17(16)24(29,30)31/h1-8,18H,9-13H2,(H2,32,38)(H,33,37)/t18-/m0/s1. The number of carbonyl (C=O) groups excluding carboxylic acids is 2. The molecule has 0 aliphatic heterocycles. The number of alkyl halides is 6. The van der Waals surface area contributed by atoms with Gasteiger partial charge in [0, 0.05) is 23.6 Å². The fourth-order valence-electron chi connectivity index (χ4n) is 3.81. The second kappa shape index (κ2) is 12.4. The maximum absolute atomic E-state index is 13.6. The van der Waals surface area contributed by atoms with Crippen LogP contribution in [0, 0.1) is 0 Å². The molecule has 0 radical (unpaired) electrons. The van der Waals surface area contributed by atoms with E-state index in [1.165, 1.54) is 30.3 Å². The van der Waals surface area contributed by atoms with Crippen molar-refractivity contribution in [2.75, 3.05) is 6.61 Å². The van der Waals surface area contributed by atoms with Gasteiger partial charge in [-0.15, -0.1) is 5.10 Å². The molecule has 216 valence electrons. The summed E-state index contributed by atoms with van der Waals surface area (Å²) in [5, 5.41) is 6.67. The molecular weight excluding hydrogens is 572 g/mol. The molecule has 0 spiro atoms. The molecule has 0 aliphatic carbocycles. The van der Waals surface area contributed by atoms with E-state index in [-0.39, 0.29) is 23.4 Å². The molecule has 1 aromatic heterocycles. The summed E-state index contributed by atoms with van der Waals surface area (Å²) in [5.74, 6) is -1.15. The Balaban J connectivity index is 1.92. The zero-order chi connectivity index (χ0) is 29.7. The van der Waals surface area contributed by atoms with Crippen LogP contribution in [0.2, 0.25) is 5.02 Å². The Morgan fingerprint density at radius 1 is 1.05 bits per heavy atom. The van der Waals surface area contributed by atoms with Crippen molar-refractivity contribution in [3.8, 4) is 11.4 Å². The molecular formula is C24H22ClF6N5O4. The summed E-state index contributed by atoms with van der Waals surface area (Å²) in [5.41, 5.74) is 2.69. The second-order valence-electron chi connectivity index (χ2n) is 8.45. The Hall–Kier alpha value is -4.01. The molecule has 3 aromatic rings. The molecule has 0 unspecified atom stereocenters. The Bertz CT molecular complexity index is 1400. The zero-order valence-electron chi connectivity index (χ0n) is 20.4. The van der Waals surface area contributed by atoms with Crippen molar-refractivity contribution in [3.63, 3.8) is 0 Å². The van der Waals surface area contributed by atoms with Crippen LogP contribution in [0.3, 0.4) is 0 Å². The van der Waals surface area contributed by atoms with E-state index < -0.39 is 67.8 Å². The number of hydrogen-bond acceptors (Lipinski definition) is 5. The summed E-state index contributed by atoms with van der Waals surface area (Å²) >= 11 is 5.86. The van der Waals surface area contributed by atoms with Crippen molar-refractivity contribution in [1.82, 2.24) is 19.7 Å². The van der Waals surface area contributed by atoms with E-state index >= 15 is 0 Å². The highest BCUT2D eigenvalue weighted by atomic mass is 35.5. The van der Waals surface area contributed by atoms with E-state index in [2.05, 4.69) is 15.2 Å². The molecule has 9 nitrogen and oxygen atoms in total. The fraction of sp³-hybridized carbons (Fsp3) is 0.333. The van der Waals surface area contributed by atoms with Gasteiger partial charge in [-0.2, -0.15) is 26.3 Å². The van der Waals surface area contributed by atoms with Crippen molar-refractivity contribution >= 4 is 23.6 Å². The van der Waals surface area contributed by atoms with E-state index in [1.54, 1.807) is 0 Å². The second-order valence-corrected chi connectivity index (χ2v) is 8.89. The minimum absolute atomic E-state index is 0.174. The number of rotatable bonds is 10. The van der Waals surface area contributed by atoms with E-state index in [0.717, 1.165) is 22.8 Å². The first-order chi connectivity index (χ1) is 18.7. The highest BCUT2D eigenvalue weighted by Crippen LogP contribution is 2.35. The first kappa shape index (κ1) is 30.5. The number of nitrogens with zero attached hydrogens (tertiary/aromatic N) is 3. The van der Waals surface area contributed by atoms with E-state index in [0.29, 0.717) is 9.70 Å². The van der Waals surface area contributed by atoms with Crippen LogP contribution < -0.4 is 16.7 Å². The van der Waals surface area contributed by atoms with Crippen molar-refractivity contribution in [2.45, 2.75) is 44.3 Å². The maximum atomic E-state index is 13.6. The molecule has 1 atom stereocenters. The smallest absolute Gasteiger partial charge is 0.416 e. The molecule has 0 saturated carbocycles. The third-order valence-corrected chi connectivity index (χ3v) is 5.82. The lowest BCUT2D eigenvalue weighted by Crippen LogP contribution is -2.37. The number of primary amides is 1. The van der Waals surface area contributed by atoms with Crippen LogP contribution in [-0.4, -0.2) is 39.1 Å². The van der Waals surface area contributed by atoms with E-state index in [9.17, 15) is 40.7 Å². The van der Waals surface area contributed by atoms with Crippen LogP contribution in [0.4, 0.5) is 31.1 Å². The van der Waals surface area contributed by atoms with Crippen LogP contribution in [0.15, 0.2) is 53.3 Å². The van der Waals surface area contributed by atoms with Crippen LogP contribution >= 0.6 is 11.6 Å². The summed E-state index contributed by atoms with van der Waals surface area (Å²) in [4.78, 5) is 36.8. The number of nitrogens with one attached hydrogen (secondary N) is 1. The molecule has 0 fully saturated rings. The largest absolute Gasteiger partial charge is 0.450 e. The molecule has 0 aliphatic rings. The molecule has 0 saturated heterocycles. The highest BCUT2D eigenvalue weighted by molar-refractivity contribution is 6.30. The lowest BCUT2D eigenvalue weighted by Gasteiger charge is -2.23. The van der Waals surface area contributed by atoms with Gasteiger partial charge in [0.25, 0.3) is 0 Å². The van der Waals surface area contributed by atoms with Gasteiger partial charge >= 0.3 is 24.1 Å². The summed E-state index contributed by atoms with van der Waals surface area (Å²) in [6.45, 7) is -2.08. The van der Waals surface area contributed by atoms with Crippen LogP contribution in [-0.2, 0) is 28.8 Å². The minimum atomic E-state index is -4.79. The summed E-state index contributed by atoms with van der Waals surface area (Å²) in [7, 11) is 0. The van der Waals surface area contributed by atoms with E-state index in [4.69, 9.17) is 17.3 Å². The molecule has 40 heavy (non-hydrogen) atoms. The number of hydrogen-bond donors (Lipinski definition) is 2. The first-order valence-corrected chi connectivity index (χ1v) is 11.9. The molecule has 16 heteroatoms. The van der Waals surface area contributed by atoms with Gasteiger partial charge in [-0.05, 0) is 35.9 Å². The Morgan fingerprint density at radius 3 is 2.30 bits per heavy atom. The Kier molecular flexibility index (Phi) is 9.50. The molecule has 3 rings (SSSR count). The van der Waals surface area contributed by atoms with Gasteiger partial charge < -0.3 is 15.8 Å². The summed E-state index contributed by atoms with van der Waals surface area (Å²) in [6.07, 6.45) is -12.2. The highest BCUT2D eigenvalue weighted by Gasteiger charge is 2.35. The zero-order valence-corrected chi connectivity index (χ0v) is 21.2. The molecule has 3 N–H and O–H groups in total. The minimum Gasteiger partial charge on any atom is -0.450 e. The lowest BCUT2D eigenvalue weighted by molar-refractivity contribution is -0.139. The quantitative estimate of drug-likeness (QED) is 0.331. The molecule has 2 amide bonds. The number of carbonyl (C=O) groups is 2. The van der Waals surface area contributed by atoms with Crippen LogP contribution in [0.5, 0.6) is 0 Å². The molecule has 0 bridgehead atoms. The number of ether oxygens (including phenoxy) is 1. The average molecular weight is 594 g/mol. The van der Waals surface area contributed by atoms with Crippen molar-refractivity contribution in [3.05, 3.63) is 75.2 Å². The summed E-state index contributed by atoms with van der Waals surface area (Å²) in [6, 6.07) is 8.73. The third-order valence-electron chi connectivity index (χ3n) is 5.57. The van der Waals surface area contributed by atoms with Crippen LogP contribution in [0.25, 0.3) is 11.4 Å². The Morgan fingerprint density at radius 2 is 1.70 bits per heavy atom. The third kappa shape index (κ3) is 8.24. The average Bonchev–Trinajstić information content (AvgIpc) is 3.16. The van der Waals surface area contributed by atoms with Gasteiger partial charge in [0.05, 0.1) is 24.6 Å². The Labute approximate surface area is 227 Å². The topological polar surface area (TPSA) is 121 Å². The van der Waals surface area contributed by atoms with Gasteiger partial charge in [0.2, 0.25) is 5.91 Å². The predicted molar refractivity (Wildman–Crippen MR) is 130 cm³/mol. The van der Waals surface area contributed by atoms with Crippen molar-refractivity contribution < 1.29 is 40.7 Å². The number of amides is 2. The van der Waals surface area contributed by atoms with Gasteiger partial charge in [-0.3, -0.25) is 9.36 Å². The number of benzene rings is 2. The van der Waals surface area contributed by atoms with Crippen molar-refractivity contribution in [1.29, 1.82) is 0 Å². The lowest BCUT2D eigenvalue weighted by atomic mass is 9.97. The van der Waals surface area contributed by atoms with Crippen molar-refractivity contribution in [2.24, 2.45) is 5.73 Å². The monoisotopic (exact) mass is 593 g/mol. The van der Waals surface area contributed by atoms with Gasteiger partial charge in [0.1, 0.15) is 6.54 Å². The number of aromatic nitrogens is 3. The number of nitrogens with two attached hydrogens (primary N) is 1. The predicted octanol–water partition coefficient (Wildman–Crippen LogP) is 4.68. The SMILES string of the molecule is NC(=O)OCC[C@H](NC(=O)Cn1nc(-c2ccc(Cl)cc2)n(CCC(F)(F)F)c1=O)c1ccccc1C(F)(F)F. The first-order valence-electron chi connectivity index (χ1n) is 11.5. The van der Waals surface area contributed by atoms with E-state index in [1.807, 2.05) is 0 Å². The summed E-state index contributed by atoms with van der Waals surface area (Å²) < 4.78 is 85.5. The molecule has 1 heterocycles. The van der Waals surface area contributed by atoms with Gasteiger partial charge in [0.15, 0.2) is 5.82 Å². The fourth-order valence-corrected chi connectivity index (χ4v) is 3.94. The normalized spacial score (nSPS) is 12.7.